The van der Waals surface area contributed by atoms with Crippen LogP contribution < -0.4 is 0 Å². The Kier molecular flexibility index (Phi) is 4.38. The van der Waals surface area contributed by atoms with Crippen LogP contribution in [0.25, 0.3) is 0 Å². The topological polar surface area (TPSA) is 23.6 Å². The van der Waals surface area contributed by atoms with Crippen LogP contribution in [0.4, 0.5) is 4.79 Å². The monoisotopic (exact) mass is 266 g/mol. The molecule has 1 rings (SSSR count). The maximum absolute atomic E-state index is 12.9. The first-order valence-electron chi connectivity index (χ1n) is 7.31. The predicted octanol–water partition coefficient (Wildman–Crippen LogP) is 4.04. The Morgan fingerprint density at radius 1 is 1.11 bits per heavy atom. The van der Waals surface area contributed by atoms with Crippen molar-refractivity contribution in [2.75, 3.05) is 0 Å². The zero-order chi connectivity index (χ0) is 15.0. The van der Waals surface area contributed by atoms with Crippen LogP contribution in [0.1, 0.15) is 61.3 Å². The zero-order valence-electron chi connectivity index (χ0n) is 13.7. The van der Waals surface area contributed by atoms with Crippen LogP contribution in [-0.2, 0) is 0 Å². The van der Waals surface area contributed by atoms with Gasteiger partial charge in [-0.2, -0.15) is 0 Å². The Labute approximate surface area is 118 Å². The standard InChI is InChI=1S/C16H30N2O/c1-9-11-13-12(10-2)17(15(3,4)5)14(19)18(13)16(6,7)8/h10,12-13H,2,9,11H2,1,3-8H3/t12-,13-/m1/s1. The summed E-state index contributed by atoms with van der Waals surface area (Å²) in [6, 6.07) is 0.476. The Morgan fingerprint density at radius 2 is 1.58 bits per heavy atom. The van der Waals surface area contributed by atoms with Gasteiger partial charge in [0.15, 0.2) is 0 Å². The number of hydrogen-bond acceptors (Lipinski definition) is 1. The molecule has 1 saturated heterocycles. The molecule has 19 heavy (non-hydrogen) atoms. The third-order valence-corrected chi connectivity index (χ3v) is 3.71. The molecule has 0 unspecified atom stereocenters. The van der Waals surface area contributed by atoms with Crippen LogP contribution in [0.5, 0.6) is 0 Å². The van der Waals surface area contributed by atoms with Crippen molar-refractivity contribution in [1.29, 1.82) is 0 Å². The summed E-state index contributed by atoms with van der Waals surface area (Å²) in [6.45, 7) is 18.8. The van der Waals surface area contributed by atoms with E-state index in [1.54, 1.807) is 0 Å². The molecule has 1 heterocycles. The number of carbonyl (C=O) groups excluding carboxylic acids is 1. The van der Waals surface area contributed by atoms with E-state index >= 15 is 0 Å². The number of amides is 2. The number of carbonyl (C=O) groups is 1. The molecule has 0 saturated carbocycles. The molecule has 2 atom stereocenters. The van der Waals surface area contributed by atoms with Crippen LogP contribution in [0, 0.1) is 0 Å². The van der Waals surface area contributed by atoms with Crippen molar-refractivity contribution < 1.29 is 4.79 Å². The lowest BCUT2D eigenvalue weighted by atomic mass is 9.96. The normalized spacial score (nSPS) is 25.1. The molecule has 3 heteroatoms. The number of rotatable bonds is 3. The van der Waals surface area contributed by atoms with Gasteiger partial charge >= 0.3 is 6.03 Å². The van der Waals surface area contributed by atoms with E-state index in [1.165, 1.54) is 0 Å². The van der Waals surface area contributed by atoms with Gasteiger partial charge in [0, 0.05) is 11.1 Å². The molecule has 110 valence electrons. The molecule has 1 aliphatic heterocycles. The smallest absolute Gasteiger partial charge is 0.314 e. The summed E-state index contributed by atoms with van der Waals surface area (Å²) in [5.74, 6) is 0. The highest BCUT2D eigenvalue weighted by Gasteiger charge is 2.51. The first-order valence-corrected chi connectivity index (χ1v) is 7.31. The second-order valence-corrected chi connectivity index (χ2v) is 7.45. The Morgan fingerprint density at radius 3 is 1.89 bits per heavy atom. The van der Waals surface area contributed by atoms with Crippen molar-refractivity contribution in [2.45, 2.75) is 84.5 Å². The van der Waals surface area contributed by atoms with Crippen molar-refractivity contribution in [1.82, 2.24) is 9.80 Å². The van der Waals surface area contributed by atoms with Crippen LogP contribution in [-0.4, -0.2) is 39.0 Å². The van der Waals surface area contributed by atoms with Gasteiger partial charge in [-0.05, 0) is 48.0 Å². The molecule has 1 fully saturated rings. The fraction of sp³-hybridized carbons (Fsp3) is 0.812. The molecular formula is C16H30N2O. The van der Waals surface area contributed by atoms with Crippen LogP contribution >= 0.6 is 0 Å². The molecule has 2 amide bonds. The van der Waals surface area contributed by atoms with E-state index in [2.05, 4.69) is 55.0 Å². The quantitative estimate of drug-likeness (QED) is 0.707. The lowest BCUT2D eigenvalue weighted by molar-refractivity contribution is 0.121. The second-order valence-electron chi connectivity index (χ2n) is 7.45. The predicted molar refractivity (Wildman–Crippen MR) is 81.3 cm³/mol. The summed E-state index contributed by atoms with van der Waals surface area (Å²) < 4.78 is 0. The molecule has 0 bridgehead atoms. The maximum atomic E-state index is 12.9. The van der Waals surface area contributed by atoms with Gasteiger partial charge in [0.05, 0.1) is 12.1 Å². The van der Waals surface area contributed by atoms with E-state index in [0.717, 1.165) is 12.8 Å². The Balaban J connectivity index is 3.26. The van der Waals surface area contributed by atoms with Crippen molar-refractivity contribution >= 4 is 6.03 Å². The summed E-state index contributed by atoms with van der Waals surface area (Å²) in [7, 11) is 0. The highest BCUT2D eigenvalue weighted by atomic mass is 16.2. The third-order valence-electron chi connectivity index (χ3n) is 3.71. The molecule has 0 aromatic heterocycles. The minimum Gasteiger partial charge on any atom is -0.314 e. The van der Waals surface area contributed by atoms with Gasteiger partial charge in [0.2, 0.25) is 0 Å². The average molecular weight is 266 g/mol. The summed E-state index contributed by atoms with van der Waals surface area (Å²) in [5, 5.41) is 0. The Bertz CT molecular complexity index is 349. The van der Waals surface area contributed by atoms with Gasteiger partial charge in [-0.1, -0.05) is 19.4 Å². The first kappa shape index (κ1) is 16.1. The van der Waals surface area contributed by atoms with Crippen molar-refractivity contribution in [2.24, 2.45) is 0 Å². The number of hydrogen-bond donors (Lipinski definition) is 0. The first-order chi connectivity index (χ1) is 8.55. The molecule has 3 nitrogen and oxygen atoms in total. The van der Waals surface area contributed by atoms with Gasteiger partial charge in [-0.15, -0.1) is 6.58 Å². The summed E-state index contributed by atoms with van der Waals surface area (Å²) >= 11 is 0. The van der Waals surface area contributed by atoms with E-state index in [1.807, 2.05) is 15.9 Å². The summed E-state index contributed by atoms with van der Waals surface area (Å²) in [6.07, 6.45) is 4.04. The lowest BCUT2D eigenvalue weighted by Crippen LogP contribution is -2.50. The largest absolute Gasteiger partial charge is 0.321 e. The summed E-state index contributed by atoms with van der Waals surface area (Å²) in [4.78, 5) is 16.9. The van der Waals surface area contributed by atoms with E-state index < -0.39 is 0 Å². The minimum absolute atomic E-state index is 0.103. The number of urea groups is 1. The van der Waals surface area contributed by atoms with E-state index in [0.29, 0.717) is 0 Å². The van der Waals surface area contributed by atoms with Crippen molar-refractivity contribution in [3.63, 3.8) is 0 Å². The van der Waals surface area contributed by atoms with Gasteiger partial charge in [-0.3, -0.25) is 0 Å². The SMILES string of the molecule is C=C[C@@H]1[C@@H](CCC)N(C(C)(C)C)C(=O)N1C(C)(C)C. The van der Waals surface area contributed by atoms with Crippen LogP contribution in [0.2, 0.25) is 0 Å². The fourth-order valence-corrected chi connectivity index (χ4v) is 3.09. The van der Waals surface area contributed by atoms with Crippen LogP contribution in [0.15, 0.2) is 12.7 Å². The molecule has 0 spiro atoms. The molecule has 0 radical (unpaired) electrons. The van der Waals surface area contributed by atoms with Crippen molar-refractivity contribution in [3.8, 4) is 0 Å². The van der Waals surface area contributed by atoms with Crippen LogP contribution in [0.3, 0.4) is 0 Å². The molecular weight excluding hydrogens is 236 g/mol. The van der Waals surface area contributed by atoms with Crippen molar-refractivity contribution in [3.05, 3.63) is 12.7 Å². The number of nitrogens with zero attached hydrogens (tertiary/aromatic N) is 2. The molecule has 0 aromatic carbocycles. The Hall–Kier alpha value is -0.990. The third kappa shape index (κ3) is 2.96. The fourth-order valence-electron chi connectivity index (χ4n) is 3.09. The highest BCUT2D eigenvalue weighted by Crippen LogP contribution is 2.37. The average Bonchev–Trinajstić information content (AvgIpc) is 2.49. The van der Waals surface area contributed by atoms with E-state index in [-0.39, 0.29) is 29.2 Å². The molecule has 0 aliphatic carbocycles. The summed E-state index contributed by atoms with van der Waals surface area (Å²) in [5.41, 5.74) is -0.333. The molecule has 0 aromatic rings. The second kappa shape index (κ2) is 5.18. The van der Waals surface area contributed by atoms with Gasteiger partial charge < -0.3 is 9.80 Å². The van der Waals surface area contributed by atoms with E-state index in [9.17, 15) is 4.79 Å². The molecule has 0 N–H and O–H groups in total. The van der Waals surface area contributed by atoms with Gasteiger partial charge in [-0.25, -0.2) is 4.79 Å². The minimum atomic E-state index is -0.179. The molecule has 1 aliphatic rings. The highest BCUT2D eigenvalue weighted by molar-refractivity contribution is 5.80. The zero-order valence-corrected chi connectivity index (χ0v) is 13.7. The maximum Gasteiger partial charge on any atom is 0.321 e. The van der Waals surface area contributed by atoms with Gasteiger partial charge in [0.25, 0.3) is 0 Å². The van der Waals surface area contributed by atoms with E-state index in [4.69, 9.17) is 0 Å². The van der Waals surface area contributed by atoms with Gasteiger partial charge in [0.1, 0.15) is 0 Å². The lowest BCUT2D eigenvalue weighted by Gasteiger charge is -2.37.